The highest BCUT2D eigenvalue weighted by Gasteiger charge is 2.16. The van der Waals surface area contributed by atoms with Crippen LogP contribution in [0.5, 0.6) is 0 Å². The zero-order chi connectivity index (χ0) is 40.1. The van der Waals surface area contributed by atoms with Gasteiger partial charge in [-0.15, -0.1) is 0 Å². The Morgan fingerprint density at radius 1 is 0.183 bits per heavy atom. The summed E-state index contributed by atoms with van der Waals surface area (Å²) in [6.45, 7) is 0. The molecular weight excluding hydrogens is 731 g/mol. The Hall–Kier alpha value is -8.15. The minimum atomic E-state index is 0.630. The molecule has 0 amide bonds. The molecule has 60 heavy (non-hydrogen) atoms. The summed E-state index contributed by atoms with van der Waals surface area (Å²) < 4.78 is 0. The lowest BCUT2D eigenvalue weighted by atomic mass is 9.89. The van der Waals surface area contributed by atoms with Gasteiger partial charge in [-0.05, 0) is 39.4 Å². The fourth-order valence-electron chi connectivity index (χ4n) is 7.56. The fraction of sp³-hybridized carbons (Fsp3) is 0. The van der Waals surface area contributed by atoms with E-state index < -0.39 is 0 Å². The molecule has 10 aromatic rings. The highest BCUT2D eigenvalue weighted by molar-refractivity contribution is 5.92. The Bertz CT molecular complexity index is 2720. The minimum Gasteiger partial charge on any atom is -0.228 e. The summed E-state index contributed by atoms with van der Waals surface area (Å²) in [6, 6.07) is 77.1. The highest BCUT2D eigenvalue weighted by atomic mass is 15.0. The first-order valence-electron chi connectivity index (χ1n) is 20.0. The van der Waals surface area contributed by atoms with Gasteiger partial charge < -0.3 is 0 Å². The maximum atomic E-state index is 5.05. The molecule has 0 bridgehead atoms. The molecule has 0 saturated carbocycles. The van der Waals surface area contributed by atoms with Crippen LogP contribution < -0.4 is 0 Å². The predicted molar refractivity (Wildman–Crippen MR) is 244 cm³/mol. The van der Waals surface area contributed by atoms with Crippen LogP contribution in [0.2, 0.25) is 0 Å². The summed E-state index contributed by atoms with van der Waals surface area (Å²) >= 11 is 0. The van der Waals surface area contributed by atoms with E-state index >= 15 is 0 Å². The molecule has 0 fully saturated rings. The molecule has 0 spiro atoms. The topological polar surface area (TPSA) is 64.5 Å². The molecule has 5 nitrogen and oxygen atoms in total. The number of hydrogen-bond acceptors (Lipinski definition) is 5. The third kappa shape index (κ3) is 7.51. The van der Waals surface area contributed by atoms with E-state index in [4.69, 9.17) is 24.9 Å². The third-order valence-corrected chi connectivity index (χ3v) is 10.6. The molecule has 0 radical (unpaired) electrons. The van der Waals surface area contributed by atoms with Gasteiger partial charge in [-0.1, -0.05) is 218 Å². The molecule has 2 heterocycles. The van der Waals surface area contributed by atoms with Crippen LogP contribution in [0, 0.1) is 0 Å². The van der Waals surface area contributed by atoms with Crippen molar-refractivity contribution in [2.45, 2.75) is 0 Å². The maximum absolute atomic E-state index is 5.05. The SMILES string of the molecule is c1ccc(-c2cc(-c3ccc(-c4ccccc4-c4ccccc4-c4ccc(-c5nc(-c6ccccc6)nc(-c6ccccc6)n5)cc4)cc3)nc(-c3ccccc3)n2)cc1. The number of nitrogens with zero attached hydrogens (tertiary/aromatic N) is 5. The smallest absolute Gasteiger partial charge is 0.164 e. The molecule has 2 aromatic heterocycles. The predicted octanol–water partition coefficient (Wildman–Crippen LogP) is 13.7. The van der Waals surface area contributed by atoms with Gasteiger partial charge in [0, 0.05) is 33.4 Å². The molecule has 0 unspecified atom stereocenters. The monoisotopic (exact) mass is 767 g/mol. The molecule has 0 N–H and O–H groups in total. The van der Waals surface area contributed by atoms with Crippen molar-refractivity contribution in [3.63, 3.8) is 0 Å². The van der Waals surface area contributed by atoms with Crippen LogP contribution in [-0.4, -0.2) is 24.9 Å². The second kappa shape index (κ2) is 16.4. The van der Waals surface area contributed by atoms with E-state index in [-0.39, 0.29) is 0 Å². The van der Waals surface area contributed by atoms with Gasteiger partial charge in [0.2, 0.25) is 0 Å². The van der Waals surface area contributed by atoms with E-state index in [0.717, 1.165) is 78.1 Å². The van der Waals surface area contributed by atoms with E-state index in [0.29, 0.717) is 23.3 Å². The lowest BCUT2D eigenvalue weighted by molar-refractivity contribution is 1.07. The quantitative estimate of drug-likeness (QED) is 0.146. The van der Waals surface area contributed by atoms with Crippen LogP contribution in [-0.2, 0) is 0 Å². The average Bonchev–Trinajstić information content (AvgIpc) is 3.35. The first-order chi connectivity index (χ1) is 29.7. The maximum Gasteiger partial charge on any atom is 0.164 e. The summed E-state index contributed by atoms with van der Waals surface area (Å²) in [5.74, 6) is 2.62. The molecule has 5 heteroatoms. The average molecular weight is 768 g/mol. The van der Waals surface area contributed by atoms with Crippen molar-refractivity contribution >= 4 is 0 Å². The number of hydrogen-bond donors (Lipinski definition) is 0. The summed E-state index contributed by atoms with van der Waals surface area (Å²) in [4.78, 5) is 24.8. The molecule has 282 valence electrons. The van der Waals surface area contributed by atoms with Crippen LogP contribution in [0.25, 0.3) is 101 Å². The van der Waals surface area contributed by atoms with Crippen LogP contribution in [0.3, 0.4) is 0 Å². The van der Waals surface area contributed by atoms with Crippen molar-refractivity contribution in [2.75, 3.05) is 0 Å². The molecule has 8 aromatic carbocycles. The molecule has 10 rings (SSSR count). The number of aromatic nitrogens is 5. The Balaban J connectivity index is 0.985. The highest BCUT2D eigenvalue weighted by Crippen LogP contribution is 2.39. The van der Waals surface area contributed by atoms with Crippen LogP contribution in [0.15, 0.2) is 224 Å². The second-order valence-electron chi connectivity index (χ2n) is 14.5. The van der Waals surface area contributed by atoms with E-state index in [9.17, 15) is 0 Å². The van der Waals surface area contributed by atoms with Gasteiger partial charge in [0.05, 0.1) is 11.4 Å². The Labute approximate surface area is 349 Å². The number of rotatable bonds is 9. The van der Waals surface area contributed by atoms with Gasteiger partial charge in [-0.25, -0.2) is 24.9 Å². The van der Waals surface area contributed by atoms with Crippen LogP contribution in [0.4, 0.5) is 0 Å². The first kappa shape index (κ1) is 36.2. The molecule has 0 aliphatic carbocycles. The Morgan fingerprint density at radius 2 is 0.433 bits per heavy atom. The van der Waals surface area contributed by atoms with Gasteiger partial charge in [-0.3, -0.25) is 0 Å². The Kier molecular flexibility index (Phi) is 9.88. The van der Waals surface area contributed by atoms with E-state index in [1.54, 1.807) is 0 Å². The largest absolute Gasteiger partial charge is 0.228 e. The van der Waals surface area contributed by atoms with Crippen molar-refractivity contribution in [1.29, 1.82) is 0 Å². The van der Waals surface area contributed by atoms with Gasteiger partial charge in [0.15, 0.2) is 23.3 Å². The molecule has 0 atom stereocenters. The van der Waals surface area contributed by atoms with Crippen LogP contribution >= 0.6 is 0 Å². The molecular formula is C55H37N5. The first-order valence-corrected chi connectivity index (χ1v) is 20.0. The molecule has 0 aliphatic heterocycles. The van der Waals surface area contributed by atoms with Gasteiger partial charge in [0.25, 0.3) is 0 Å². The van der Waals surface area contributed by atoms with E-state index in [1.165, 1.54) is 0 Å². The molecule has 0 saturated heterocycles. The minimum absolute atomic E-state index is 0.630. The third-order valence-electron chi connectivity index (χ3n) is 10.6. The normalized spacial score (nSPS) is 11.0. The van der Waals surface area contributed by atoms with Gasteiger partial charge in [-0.2, -0.15) is 0 Å². The lowest BCUT2D eigenvalue weighted by Gasteiger charge is -2.15. The van der Waals surface area contributed by atoms with Crippen molar-refractivity contribution in [2.24, 2.45) is 0 Å². The summed E-state index contributed by atoms with van der Waals surface area (Å²) in [7, 11) is 0. The second-order valence-corrected chi connectivity index (χ2v) is 14.5. The number of benzene rings is 8. The van der Waals surface area contributed by atoms with Crippen molar-refractivity contribution < 1.29 is 0 Å². The van der Waals surface area contributed by atoms with E-state index in [1.807, 2.05) is 97.1 Å². The zero-order valence-corrected chi connectivity index (χ0v) is 32.6. The van der Waals surface area contributed by atoms with Crippen molar-refractivity contribution in [1.82, 2.24) is 24.9 Å². The van der Waals surface area contributed by atoms with Crippen molar-refractivity contribution in [3.8, 4) is 101 Å². The van der Waals surface area contributed by atoms with E-state index in [2.05, 4.69) is 127 Å². The summed E-state index contributed by atoms with van der Waals surface area (Å²) in [5, 5.41) is 0. The standard InChI is InChI=1S/C55H37N5/c1-5-17-40(18-6-1)50-37-51(57-52(56-50)42-19-7-2-8-20-42)41-33-29-38(30-34-41)46-25-13-15-27-48(46)49-28-16-14-26-47(49)39-31-35-45(36-32-39)55-59-53(43-21-9-3-10-22-43)58-54(60-55)44-23-11-4-12-24-44/h1-37H. The van der Waals surface area contributed by atoms with Crippen molar-refractivity contribution in [3.05, 3.63) is 224 Å². The van der Waals surface area contributed by atoms with Crippen LogP contribution in [0.1, 0.15) is 0 Å². The van der Waals surface area contributed by atoms with Gasteiger partial charge in [0.1, 0.15) is 0 Å². The lowest BCUT2D eigenvalue weighted by Crippen LogP contribution is -2.00. The Morgan fingerprint density at radius 3 is 0.817 bits per heavy atom. The molecule has 0 aliphatic rings. The fourth-order valence-corrected chi connectivity index (χ4v) is 7.56. The van der Waals surface area contributed by atoms with Gasteiger partial charge >= 0.3 is 0 Å². The zero-order valence-electron chi connectivity index (χ0n) is 32.6. The summed E-state index contributed by atoms with van der Waals surface area (Å²) in [5.41, 5.74) is 14.5. The summed E-state index contributed by atoms with van der Waals surface area (Å²) in [6.07, 6.45) is 0.